The van der Waals surface area contributed by atoms with E-state index in [-0.39, 0.29) is 0 Å². The third-order valence-corrected chi connectivity index (χ3v) is 4.36. The number of hydrogen-bond acceptors (Lipinski definition) is 5. The minimum atomic E-state index is 0.320. The number of hydrogen-bond donors (Lipinski definition) is 0. The molecule has 26 heavy (non-hydrogen) atoms. The van der Waals surface area contributed by atoms with Crippen LogP contribution in [0.15, 0.2) is 36.4 Å². The Morgan fingerprint density at radius 2 is 1.42 bits per heavy atom. The van der Waals surface area contributed by atoms with Gasteiger partial charge in [0.05, 0.1) is 14.2 Å². The Morgan fingerprint density at radius 1 is 0.769 bits per heavy atom. The minimum Gasteiger partial charge on any atom is -0.497 e. The third-order valence-electron chi connectivity index (χ3n) is 4.36. The van der Waals surface area contributed by atoms with Crippen LogP contribution in [0.4, 0.5) is 0 Å². The molecule has 5 heteroatoms. The van der Waals surface area contributed by atoms with Gasteiger partial charge in [0.1, 0.15) is 11.5 Å². The van der Waals surface area contributed by atoms with E-state index >= 15 is 0 Å². The van der Waals surface area contributed by atoms with Gasteiger partial charge in [0.15, 0.2) is 11.5 Å². The monoisotopic (exact) mass is 358 g/mol. The molecule has 0 unspecified atom stereocenters. The van der Waals surface area contributed by atoms with Crippen molar-refractivity contribution in [1.29, 1.82) is 0 Å². The topological polar surface area (TPSA) is 46.2 Å². The molecule has 0 spiro atoms. The fourth-order valence-electron chi connectivity index (χ4n) is 2.97. The average Bonchev–Trinajstić information content (AvgIpc) is 3.14. The molecule has 0 aromatic heterocycles. The second kappa shape index (κ2) is 9.34. The summed E-state index contributed by atoms with van der Waals surface area (Å²) in [6, 6.07) is 12.1. The van der Waals surface area contributed by atoms with Crippen LogP contribution in [0.5, 0.6) is 23.0 Å². The van der Waals surface area contributed by atoms with Crippen molar-refractivity contribution in [1.82, 2.24) is 0 Å². The Hall–Kier alpha value is -2.40. The largest absolute Gasteiger partial charge is 0.497 e. The lowest BCUT2D eigenvalue weighted by molar-refractivity contribution is 0.129. The summed E-state index contributed by atoms with van der Waals surface area (Å²) in [5.74, 6) is 3.32. The second-order valence-corrected chi connectivity index (χ2v) is 6.23. The van der Waals surface area contributed by atoms with Gasteiger partial charge in [-0.3, -0.25) is 0 Å². The lowest BCUT2D eigenvalue weighted by atomic mass is 10.1. The van der Waals surface area contributed by atoms with E-state index in [4.69, 9.17) is 23.7 Å². The highest BCUT2D eigenvalue weighted by atomic mass is 16.7. The van der Waals surface area contributed by atoms with E-state index in [1.54, 1.807) is 14.2 Å². The van der Waals surface area contributed by atoms with Crippen molar-refractivity contribution in [2.45, 2.75) is 25.7 Å². The summed E-state index contributed by atoms with van der Waals surface area (Å²) in [5, 5.41) is 0. The fourth-order valence-corrected chi connectivity index (χ4v) is 2.97. The molecule has 3 rings (SSSR count). The van der Waals surface area contributed by atoms with E-state index in [9.17, 15) is 0 Å². The molecule has 0 amide bonds. The van der Waals surface area contributed by atoms with Crippen molar-refractivity contribution in [3.63, 3.8) is 0 Å². The van der Waals surface area contributed by atoms with Gasteiger partial charge in [-0.15, -0.1) is 0 Å². The Morgan fingerprint density at radius 3 is 2.12 bits per heavy atom. The van der Waals surface area contributed by atoms with Gasteiger partial charge in [-0.25, -0.2) is 0 Å². The Labute approximate surface area is 154 Å². The first-order valence-electron chi connectivity index (χ1n) is 8.96. The quantitative estimate of drug-likeness (QED) is 0.601. The van der Waals surface area contributed by atoms with E-state index in [2.05, 4.69) is 12.1 Å². The van der Waals surface area contributed by atoms with Gasteiger partial charge in [0, 0.05) is 19.3 Å². The molecule has 1 heterocycles. The van der Waals surface area contributed by atoms with E-state index in [0.29, 0.717) is 6.79 Å². The van der Waals surface area contributed by atoms with Crippen LogP contribution in [-0.2, 0) is 17.6 Å². The summed E-state index contributed by atoms with van der Waals surface area (Å²) < 4.78 is 27.1. The van der Waals surface area contributed by atoms with Crippen molar-refractivity contribution in [2.75, 3.05) is 34.2 Å². The van der Waals surface area contributed by atoms with E-state index in [1.165, 1.54) is 11.1 Å². The van der Waals surface area contributed by atoms with Gasteiger partial charge in [-0.05, 0) is 61.1 Å². The minimum absolute atomic E-state index is 0.320. The molecule has 140 valence electrons. The summed E-state index contributed by atoms with van der Waals surface area (Å²) in [5.41, 5.74) is 2.45. The van der Waals surface area contributed by atoms with Crippen LogP contribution < -0.4 is 18.9 Å². The first kappa shape index (κ1) is 18.4. The fraction of sp³-hybridized carbons (Fsp3) is 0.429. The zero-order valence-corrected chi connectivity index (χ0v) is 15.5. The molecule has 1 aliphatic rings. The van der Waals surface area contributed by atoms with Crippen molar-refractivity contribution in [3.8, 4) is 23.0 Å². The van der Waals surface area contributed by atoms with Crippen molar-refractivity contribution >= 4 is 0 Å². The van der Waals surface area contributed by atoms with E-state index in [0.717, 1.165) is 61.9 Å². The van der Waals surface area contributed by atoms with Gasteiger partial charge in [0.25, 0.3) is 0 Å². The second-order valence-electron chi connectivity index (χ2n) is 6.23. The highest BCUT2D eigenvalue weighted by Crippen LogP contribution is 2.32. The van der Waals surface area contributed by atoms with Crippen LogP contribution in [0.3, 0.4) is 0 Å². The predicted molar refractivity (Wildman–Crippen MR) is 99.6 cm³/mol. The maximum absolute atomic E-state index is 5.76. The van der Waals surface area contributed by atoms with Crippen LogP contribution >= 0.6 is 0 Å². The smallest absolute Gasteiger partial charge is 0.231 e. The van der Waals surface area contributed by atoms with Crippen LogP contribution in [0, 0.1) is 0 Å². The SMILES string of the molecule is COc1cc(CCCOCCCc2ccc3c(c2)OCO3)cc(OC)c1. The molecule has 0 saturated carbocycles. The summed E-state index contributed by atoms with van der Waals surface area (Å²) in [7, 11) is 3.34. The van der Waals surface area contributed by atoms with Crippen molar-refractivity contribution in [3.05, 3.63) is 47.5 Å². The number of rotatable bonds is 10. The Balaban J connectivity index is 1.32. The molecule has 0 atom stereocenters. The number of aryl methyl sites for hydroxylation is 2. The molecule has 0 aliphatic carbocycles. The number of benzene rings is 2. The lowest BCUT2D eigenvalue weighted by Gasteiger charge is -2.09. The first-order valence-corrected chi connectivity index (χ1v) is 8.96. The molecule has 2 aromatic carbocycles. The zero-order valence-electron chi connectivity index (χ0n) is 15.5. The zero-order chi connectivity index (χ0) is 18.2. The lowest BCUT2D eigenvalue weighted by Crippen LogP contribution is -2.00. The maximum Gasteiger partial charge on any atom is 0.231 e. The van der Waals surface area contributed by atoms with Crippen molar-refractivity contribution < 1.29 is 23.7 Å². The average molecular weight is 358 g/mol. The molecule has 1 aliphatic heterocycles. The molecule has 0 bridgehead atoms. The number of methoxy groups -OCH3 is 2. The highest BCUT2D eigenvalue weighted by Gasteiger charge is 2.12. The number of fused-ring (bicyclic) bond motifs is 1. The Bertz CT molecular complexity index is 691. The number of ether oxygens (including phenoxy) is 5. The predicted octanol–water partition coefficient (Wildman–Crippen LogP) is 4.01. The molecule has 0 saturated heterocycles. The third kappa shape index (κ3) is 5.05. The summed E-state index contributed by atoms with van der Waals surface area (Å²) in [6.45, 7) is 1.83. The normalized spacial score (nSPS) is 12.2. The van der Waals surface area contributed by atoms with E-state index in [1.807, 2.05) is 24.3 Å². The highest BCUT2D eigenvalue weighted by molar-refractivity contribution is 5.44. The first-order chi connectivity index (χ1) is 12.8. The molecule has 0 fully saturated rings. The maximum atomic E-state index is 5.76. The molecular formula is C21H26O5. The van der Waals surface area contributed by atoms with Crippen LogP contribution in [0.1, 0.15) is 24.0 Å². The standard InChI is InChI=1S/C21H26O5/c1-22-18-11-17(12-19(14-18)23-2)6-4-10-24-9-3-5-16-7-8-20-21(13-16)26-15-25-20/h7-8,11-14H,3-6,9-10,15H2,1-2H3. The molecular weight excluding hydrogens is 332 g/mol. The Kier molecular flexibility index (Phi) is 6.61. The van der Waals surface area contributed by atoms with Gasteiger partial charge in [0.2, 0.25) is 6.79 Å². The molecule has 0 radical (unpaired) electrons. The van der Waals surface area contributed by atoms with Gasteiger partial charge >= 0.3 is 0 Å². The van der Waals surface area contributed by atoms with E-state index < -0.39 is 0 Å². The molecule has 5 nitrogen and oxygen atoms in total. The summed E-state index contributed by atoms with van der Waals surface area (Å²) in [6.07, 6.45) is 3.88. The van der Waals surface area contributed by atoms with Gasteiger partial charge in [-0.1, -0.05) is 6.07 Å². The summed E-state index contributed by atoms with van der Waals surface area (Å²) in [4.78, 5) is 0. The van der Waals surface area contributed by atoms with Gasteiger partial charge in [-0.2, -0.15) is 0 Å². The van der Waals surface area contributed by atoms with Gasteiger partial charge < -0.3 is 23.7 Å². The molecule has 2 aromatic rings. The van der Waals surface area contributed by atoms with Crippen LogP contribution in [-0.4, -0.2) is 34.2 Å². The van der Waals surface area contributed by atoms with Crippen LogP contribution in [0.25, 0.3) is 0 Å². The van der Waals surface area contributed by atoms with Crippen LogP contribution in [0.2, 0.25) is 0 Å². The van der Waals surface area contributed by atoms with Crippen molar-refractivity contribution in [2.24, 2.45) is 0 Å². The summed E-state index contributed by atoms with van der Waals surface area (Å²) >= 11 is 0. The molecule has 0 N–H and O–H groups in total.